The van der Waals surface area contributed by atoms with Gasteiger partial charge in [-0.15, -0.1) is 0 Å². The van der Waals surface area contributed by atoms with Gasteiger partial charge in [0.2, 0.25) is 0 Å². The summed E-state index contributed by atoms with van der Waals surface area (Å²) in [6, 6.07) is 15.5. The summed E-state index contributed by atoms with van der Waals surface area (Å²) in [7, 11) is 0. The van der Waals surface area contributed by atoms with Crippen LogP contribution in [0.4, 0.5) is 0 Å². The molecule has 4 heterocycles. The fraction of sp³-hybridized carbons (Fsp3) is 0.217. The van der Waals surface area contributed by atoms with Crippen molar-refractivity contribution in [2.75, 3.05) is 6.61 Å². The van der Waals surface area contributed by atoms with E-state index in [2.05, 4.69) is 15.9 Å². The summed E-state index contributed by atoms with van der Waals surface area (Å²) in [5, 5.41) is 0.480. The van der Waals surface area contributed by atoms with Crippen molar-refractivity contribution in [2.24, 2.45) is 0 Å². The van der Waals surface area contributed by atoms with Gasteiger partial charge < -0.3 is 4.74 Å². The normalized spacial score (nSPS) is 16.6. The van der Waals surface area contributed by atoms with E-state index in [-0.39, 0.29) is 11.7 Å². The maximum Gasteiger partial charge on any atom is 0.265 e. The summed E-state index contributed by atoms with van der Waals surface area (Å²) in [4.78, 5) is 27.9. The van der Waals surface area contributed by atoms with Gasteiger partial charge in [-0.25, -0.2) is 15.0 Å². The van der Waals surface area contributed by atoms with Gasteiger partial charge in [0.05, 0.1) is 29.4 Å². The topological polar surface area (TPSA) is 74.8 Å². The standard InChI is InChI=1S/C23H18BrN5O2/c24-14-5-3-6-15(11-14)29-21-19(20-22(29)27-18-9-2-1-8-17(18)26-20)23(30)28(13-25-21)12-16-7-4-10-31-16/h1-3,5-6,8-9,11,13,16H,4,7,10,12H2/t16-/m1/s1. The first-order valence-corrected chi connectivity index (χ1v) is 11.0. The summed E-state index contributed by atoms with van der Waals surface area (Å²) < 4.78 is 10.2. The second kappa shape index (κ2) is 7.25. The molecule has 8 heteroatoms. The molecular formula is C23H18BrN5O2. The third kappa shape index (κ3) is 3.05. The number of hydrogen-bond donors (Lipinski definition) is 0. The monoisotopic (exact) mass is 475 g/mol. The fourth-order valence-electron chi connectivity index (χ4n) is 4.27. The molecule has 0 bridgehead atoms. The van der Waals surface area contributed by atoms with E-state index in [0.29, 0.717) is 28.7 Å². The minimum absolute atomic E-state index is 0.0438. The zero-order valence-electron chi connectivity index (χ0n) is 16.5. The lowest BCUT2D eigenvalue weighted by Crippen LogP contribution is -2.26. The van der Waals surface area contributed by atoms with E-state index in [1.807, 2.05) is 53.1 Å². The molecule has 5 aromatic rings. The fourth-order valence-corrected chi connectivity index (χ4v) is 4.66. The van der Waals surface area contributed by atoms with Crippen LogP contribution in [-0.4, -0.2) is 36.8 Å². The van der Waals surface area contributed by atoms with Crippen LogP contribution in [-0.2, 0) is 11.3 Å². The number of benzene rings is 2. The second-order valence-electron chi connectivity index (χ2n) is 7.74. The van der Waals surface area contributed by atoms with Crippen LogP contribution in [0.5, 0.6) is 0 Å². The van der Waals surface area contributed by atoms with E-state index >= 15 is 0 Å². The molecule has 154 valence electrons. The van der Waals surface area contributed by atoms with Gasteiger partial charge in [-0.3, -0.25) is 13.9 Å². The Morgan fingerprint density at radius 2 is 1.90 bits per heavy atom. The van der Waals surface area contributed by atoms with Crippen molar-refractivity contribution in [1.82, 2.24) is 24.1 Å². The molecule has 0 saturated carbocycles. The van der Waals surface area contributed by atoms with E-state index in [1.54, 1.807) is 10.9 Å². The van der Waals surface area contributed by atoms with Crippen LogP contribution in [0.1, 0.15) is 12.8 Å². The zero-order valence-corrected chi connectivity index (χ0v) is 18.1. The Morgan fingerprint density at radius 3 is 2.68 bits per heavy atom. The summed E-state index contributed by atoms with van der Waals surface area (Å²) in [5.41, 5.74) is 3.99. The number of hydrogen-bond acceptors (Lipinski definition) is 5. The average molecular weight is 476 g/mol. The Balaban J connectivity index is 1.69. The Bertz CT molecular complexity index is 1520. The molecular weight excluding hydrogens is 458 g/mol. The summed E-state index contributed by atoms with van der Waals surface area (Å²) in [6.45, 7) is 1.24. The van der Waals surface area contributed by atoms with Gasteiger partial charge in [-0.1, -0.05) is 34.1 Å². The van der Waals surface area contributed by atoms with Gasteiger partial charge in [-0.2, -0.15) is 0 Å². The molecule has 6 rings (SSSR count). The predicted molar refractivity (Wildman–Crippen MR) is 123 cm³/mol. The molecule has 0 amide bonds. The molecule has 2 aromatic carbocycles. The quantitative estimate of drug-likeness (QED) is 0.390. The lowest BCUT2D eigenvalue weighted by Gasteiger charge is -2.11. The zero-order chi connectivity index (χ0) is 20.9. The lowest BCUT2D eigenvalue weighted by atomic mass is 10.2. The third-order valence-corrected chi connectivity index (χ3v) is 6.21. The van der Waals surface area contributed by atoms with Crippen molar-refractivity contribution in [2.45, 2.75) is 25.5 Å². The Kier molecular flexibility index (Phi) is 4.36. The SMILES string of the molecule is O=c1c2c3nc4ccccc4nc3n(-c3cccc(Br)c3)c2ncn1C[C@H]1CCCO1. The number of para-hydroxylation sites is 2. The Labute approximate surface area is 185 Å². The highest BCUT2D eigenvalue weighted by molar-refractivity contribution is 9.10. The van der Waals surface area contributed by atoms with Crippen LogP contribution >= 0.6 is 15.9 Å². The largest absolute Gasteiger partial charge is 0.376 e. The minimum atomic E-state index is -0.121. The van der Waals surface area contributed by atoms with Crippen LogP contribution in [0, 0.1) is 0 Å². The van der Waals surface area contributed by atoms with Crippen LogP contribution in [0.3, 0.4) is 0 Å². The van der Waals surface area contributed by atoms with Gasteiger partial charge in [0.25, 0.3) is 5.56 Å². The van der Waals surface area contributed by atoms with E-state index in [1.165, 1.54) is 0 Å². The van der Waals surface area contributed by atoms with Gasteiger partial charge in [0.1, 0.15) is 17.2 Å². The molecule has 0 spiro atoms. The van der Waals surface area contributed by atoms with E-state index < -0.39 is 0 Å². The van der Waals surface area contributed by atoms with Gasteiger partial charge in [0.15, 0.2) is 11.3 Å². The molecule has 7 nitrogen and oxygen atoms in total. The van der Waals surface area contributed by atoms with Crippen LogP contribution in [0.2, 0.25) is 0 Å². The Hall–Kier alpha value is -3.10. The maximum absolute atomic E-state index is 13.6. The second-order valence-corrected chi connectivity index (χ2v) is 8.65. The molecule has 0 unspecified atom stereocenters. The third-order valence-electron chi connectivity index (χ3n) is 5.72. The van der Waals surface area contributed by atoms with Crippen LogP contribution in [0.15, 0.2) is 64.1 Å². The van der Waals surface area contributed by atoms with E-state index in [4.69, 9.17) is 19.7 Å². The van der Waals surface area contributed by atoms with Crippen molar-refractivity contribution in [3.8, 4) is 5.69 Å². The highest BCUT2D eigenvalue weighted by Gasteiger charge is 2.23. The molecule has 1 aliphatic heterocycles. The molecule has 31 heavy (non-hydrogen) atoms. The van der Waals surface area contributed by atoms with E-state index in [9.17, 15) is 4.79 Å². The number of aromatic nitrogens is 5. The molecule has 1 saturated heterocycles. The van der Waals surface area contributed by atoms with Crippen molar-refractivity contribution < 1.29 is 4.74 Å². The van der Waals surface area contributed by atoms with Crippen molar-refractivity contribution in [3.05, 3.63) is 69.7 Å². The van der Waals surface area contributed by atoms with Crippen LogP contribution < -0.4 is 5.56 Å². The minimum Gasteiger partial charge on any atom is -0.376 e. The molecule has 0 N–H and O–H groups in total. The smallest absolute Gasteiger partial charge is 0.265 e. The molecule has 0 aliphatic carbocycles. The van der Waals surface area contributed by atoms with Crippen molar-refractivity contribution >= 4 is 49.2 Å². The number of fused-ring (bicyclic) bond motifs is 4. The molecule has 0 radical (unpaired) electrons. The number of rotatable bonds is 3. The van der Waals surface area contributed by atoms with Gasteiger partial charge >= 0.3 is 0 Å². The summed E-state index contributed by atoms with van der Waals surface area (Å²) >= 11 is 3.54. The van der Waals surface area contributed by atoms with Gasteiger partial charge in [-0.05, 0) is 43.2 Å². The first-order valence-electron chi connectivity index (χ1n) is 10.2. The Morgan fingerprint density at radius 1 is 1.06 bits per heavy atom. The number of ether oxygens (including phenoxy) is 1. The first kappa shape index (κ1) is 18.7. The predicted octanol–water partition coefficient (Wildman–Crippen LogP) is 4.23. The molecule has 3 aromatic heterocycles. The summed E-state index contributed by atoms with van der Waals surface area (Å²) in [6.07, 6.45) is 3.63. The average Bonchev–Trinajstić information content (AvgIpc) is 3.40. The van der Waals surface area contributed by atoms with Gasteiger partial charge in [0, 0.05) is 11.1 Å². The molecule has 1 atom stereocenters. The molecule has 1 aliphatic rings. The molecule has 1 fully saturated rings. The highest BCUT2D eigenvalue weighted by atomic mass is 79.9. The van der Waals surface area contributed by atoms with Crippen molar-refractivity contribution in [1.29, 1.82) is 0 Å². The highest BCUT2D eigenvalue weighted by Crippen LogP contribution is 2.29. The first-order chi connectivity index (χ1) is 15.2. The number of nitrogens with zero attached hydrogens (tertiary/aromatic N) is 5. The van der Waals surface area contributed by atoms with E-state index in [0.717, 1.165) is 40.6 Å². The maximum atomic E-state index is 13.6. The lowest BCUT2D eigenvalue weighted by molar-refractivity contribution is 0.0960. The number of halogens is 1. The van der Waals surface area contributed by atoms with Crippen molar-refractivity contribution in [3.63, 3.8) is 0 Å². The summed E-state index contributed by atoms with van der Waals surface area (Å²) in [5.74, 6) is 0. The van der Waals surface area contributed by atoms with Crippen LogP contribution in [0.25, 0.3) is 38.9 Å².